The number of amides is 2. The Morgan fingerprint density at radius 2 is 1.72 bits per heavy atom. The summed E-state index contributed by atoms with van der Waals surface area (Å²) in [5, 5.41) is 10.5. The van der Waals surface area contributed by atoms with Crippen molar-refractivity contribution in [1.82, 2.24) is 10.2 Å². The van der Waals surface area contributed by atoms with Crippen LogP contribution in [0.4, 0.5) is 14.5 Å². The highest BCUT2D eigenvalue weighted by atomic mass is 32.2. The van der Waals surface area contributed by atoms with Crippen LogP contribution < -0.4 is 11.1 Å². The molecule has 6 nitrogen and oxygen atoms in total. The molecule has 2 amide bonds. The van der Waals surface area contributed by atoms with Crippen molar-refractivity contribution in [2.75, 3.05) is 16.8 Å². The number of anilines is 1. The third-order valence-corrected chi connectivity index (χ3v) is 6.35. The van der Waals surface area contributed by atoms with E-state index < -0.39 is 11.7 Å². The lowest BCUT2D eigenvalue weighted by Crippen LogP contribution is -2.13. The lowest BCUT2D eigenvalue weighted by atomic mass is 10.3. The molecule has 2 rings (SSSR count). The summed E-state index contributed by atoms with van der Waals surface area (Å²) in [6.45, 7) is 0. The molecule has 2 aromatic rings. The van der Waals surface area contributed by atoms with E-state index in [0.29, 0.717) is 31.0 Å². The van der Waals surface area contributed by atoms with Crippen LogP contribution in [0, 0.1) is 0 Å². The second-order valence-corrected chi connectivity index (χ2v) is 8.81. The summed E-state index contributed by atoms with van der Waals surface area (Å²) in [7, 11) is 0. The number of benzene rings is 1. The second-order valence-electron chi connectivity index (χ2n) is 4.33. The number of thioether (sulfide) groups is 3. The van der Waals surface area contributed by atoms with Crippen LogP contribution in [0.2, 0.25) is 0 Å². The quantitative estimate of drug-likeness (QED) is 0.599. The maximum absolute atomic E-state index is 12.2. The number of carbonyl (C=O) groups is 2. The maximum atomic E-state index is 12.2. The molecule has 25 heavy (non-hydrogen) atoms. The molecule has 3 N–H and O–H groups in total. The summed E-state index contributed by atoms with van der Waals surface area (Å²) in [4.78, 5) is 23.0. The zero-order valence-electron chi connectivity index (χ0n) is 12.5. The molecule has 1 aromatic carbocycles. The number of aromatic nitrogens is 2. The molecule has 0 saturated heterocycles. The smallest absolute Gasteiger partial charge is 0.288 e. The Kier molecular flexibility index (Phi) is 7.93. The Labute approximate surface area is 158 Å². The molecule has 0 radical (unpaired) electrons. The number of carbonyl (C=O) groups excluding carboxylic acids is 2. The lowest BCUT2D eigenvalue weighted by molar-refractivity contribution is -0.115. The molecule has 0 atom stereocenters. The zero-order chi connectivity index (χ0) is 18.2. The summed E-state index contributed by atoms with van der Waals surface area (Å²) >= 11 is 4.13. The van der Waals surface area contributed by atoms with Crippen LogP contribution in [0.1, 0.15) is 0 Å². The monoisotopic (exact) mass is 422 g/mol. The summed E-state index contributed by atoms with van der Waals surface area (Å²) in [5.74, 6) is -2.91. The van der Waals surface area contributed by atoms with E-state index in [1.807, 2.05) is 0 Å². The SMILES string of the molecule is NC(=O)CSc1nnc(SCC(=O)Nc2ccc(SC(F)F)cc2)s1. The largest absolute Gasteiger partial charge is 0.369 e. The van der Waals surface area contributed by atoms with Crippen LogP contribution in [0.25, 0.3) is 0 Å². The normalized spacial score (nSPS) is 10.8. The average Bonchev–Trinajstić information content (AvgIpc) is 3.00. The number of nitrogens with zero attached hydrogens (tertiary/aromatic N) is 2. The van der Waals surface area contributed by atoms with E-state index in [9.17, 15) is 18.4 Å². The van der Waals surface area contributed by atoms with Gasteiger partial charge in [-0.3, -0.25) is 9.59 Å². The molecule has 134 valence electrons. The zero-order valence-corrected chi connectivity index (χ0v) is 15.7. The van der Waals surface area contributed by atoms with Crippen molar-refractivity contribution in [1.29, 1.82) is 0 Å². The minimum absolute atomic E-state index is 0.125. The van der Waals surface area contributed by atoms with Crippen LogP contribution in [-0.2, 0) is 9.59 Å². The van der Waals surface area contributed by atoms with E-state index >= 15 is 0 Å². The summed E-state index contributed by atoms with van der Waals surface area (Å²) in [5.41, 5.74) is 5.58. The maximum Gasteiger partial charge on any atom is 0.288 e. The predicted molar refractivity (Wildman–Crippen MR) is 97.5 cm³/mol. The van der Waals surface area contributed by atoms with Gasteiger partial charge in [-0.2, -0.15) is 8.78 Å². The van der Waals surface area contributed by atoms with Gasteiger partial charge < -0.3 is 11.1 Å². The Morgan fingerprint density at radius 1 is 1.12 bits per heavy atom. The van der Waals surface area contributed by atoms with Gasteiger partial charge in [0, 0.05) is 10.6 Å². The summed E-state index contributed by atoms with van der Waals surface area (Å²) in [6, 6.07) is 6.17. The van der Waals surface area contributed by atoms with Crippen molar-refractivity contribution >= 4 is 64.1 Å². The van der Waals surface area contributed by atoms with Crippen LogP contribution in [0.5, 0.6) is 0 Å². The fraction of sp³-hybridized carbons (Fsp3) is 0.231. The van der Waals surface area contributed by atoms with E-state index in [4.69, 9.17) is 5.73 Å². The van der Waals surface area contributed by atoms with Crippen LogP contribution in [0.3, 0.4) is 0 Å². The van der Waals surface area contributed by atoms with Crippen molar-refractivity contribution in [2.24, 2.45) is 5.73 Å². The first-order valence-electron chi connectivity index (χ1n) is 6.64. The molecule has 0 bridgehead atoms. The molecule has 0 aliphatic heterocycles. The standard InChI is InChI=1S/C13H12F2N4O2S4/c14-11(15)24-8-3-1-7(2-4-8)17-10(21)6-23-13-19-18-12(25-13)22-5-9(16)20/h1-4,11H,5-6H2,(H2,16,20)(H,17,21). The van der Waals surface area contributed by atoms with Crippen molar-refractivity contribution in [3.8, 4) is 0 Å². The Hall–Kier alpha value is -1.37. The van der Waals surface area contributed by atoms with Crippen molar-refractivity contribution in [2.45, 2.75) is 19.3 Å². The Balaban J connectivity index is 1.77. The van der Waals surface area contributed by atoms with Gasteiger partial charge in [-0.25, -0.2) is 0 Å². The van der Waals surface area contributed by atoms with Crippen molar-refractivity contribution in [3.63, 3.8) is 0 Å². The molecule has 0 fully saturated rings. The van der Waals surface area contributed by atoms with Gasteiger partial charge in [0.15, 0.2) is 8.68 Å². The third-order valence-electron chi connectivity index (χ3n) is 2.42. The van der Waals surface area contributed by atoms with Gasteiger partial charge in [0.05, 0.1) is 11.5 Å². The van der Waals surface area contributed by atoms with E-state index in [-0.39, 0.29) is 17.4 Å². The Bertz CT molecular complexity index is 727. The van der Waals surface area contributed by atoms with Crippen molar-refractivity contribution < 1.29 is 18.4 Å². The van der Waals surface area contributed by atoms with E-state index in [0.717, 1.165) is 0 Å². The van der Waals surface area contributed by atoms with E-state index in [1.165, 1.54) is 47.0 Å². The molecular formula is C13H12F2N4O2S4. The highest BCUT2D eigenvalue weighted by Gasteiger charge is 2.10. The number of halogens is 2. The molecule has 0 aliphatic carbocycles. The second kappa shape index (κ2) is 9.94. The molecule has 1 aromatic heterocycles. The van der Waals surface area contributed by atoms with Gasteiger partial charge >= 0.3 is 0 Å². The number of alkyl halides is 2. The summed E-state index contributed by atoms with van der Waals surface area (Å²) in [6.07, 6.45) is 0. The summed E-state index contributed by atoms with van der Waals surface area (Å²) < 4.78 is 25.7. The van der Waals surface area contributed by atoms with Crippen LogP contribution in [0.15, 0.2) is 37.8 Å². The van der Waals surface area contributed by atoms with Gasteiger partial charge in [-0.15, -0.1) is 10.2 Å². The predicted octanol–water partition coefficient (Wildman–Crippen LogP) is 3.16. The molecule has 12 heteroatoms. The number of nitrogens with one attached hydrogen (secondary N) is 1. The van der Waals surface area contributed by atoms with Gasteiger partial charge in [0.2, 0.25) is 11.8 Å². The van der Waals surface area contributed by atoms with Crippen LogP contribution >= 0.6 is 46.6 Å². The number of nitrogens with two attached hydrogens (primary N) is 1. The number of hydrogen-bond acceptors (Lipinski definition) is 8. The van der Waals surface area contributed by atoms with E-state index in [1.54, 1.807) is 12.1 Å². The molecule has 1 heterocycles. The molecular weight excluding hydrogens is 410 g/mol. The third kappa shape index (κ3) is 7.59. The fourth-order valence-electron chi connectivity index (χ4n) is 1.49. The topological polar surface area (TPSA) is 98.0 Å². The van der Waals surface area contributed by atoms with Crippen LogP contribution in [-0.4, -0.2) is 39.3 Å². The van der Waals surface area contributed by atoms with Gasteiger partial charge in [0.25, 0.3) is 5.76 Å². The minimum atomic E-state index is -2.48. The van der Waals surface area contributed by atoms with Gasteiger partial charge in [-0.05, 0) is 24.3 Å². The fourth-order valence-corrected chi connectivity index (χ4v) is 4.55. The van der Waals surface area contributed by atoms with Gasteiger partial charge in [-0.1, -0.05) is 46.6 Å². The molecule has 0 spiro atoms. The first-order valence-corrected chi connectivity index (χ1v) is 10.3. The number of primary amides is 1. The first kappa shape index (κ1) is 19.9. The average molecular weight is 423 g/mol. The first-order chi connectivity index (χ1) is 11.9. The number of hydrogen-bond donors (Lipinski definition) is 2. The lowest BCUT2D eigenvalue weighted by Gasteiger charge is -2.05. The minimum Gasteiger partial charge on any atom is -0.369 e. The Morgan fingerprint density at radius 3 is 2.28 bits per heavy atom. The highest BCUT2D eigenvalue weighted by Crippen LogP contribution is 2.29. The number of rotatable bonds is 9. The van der Waals surface area contributed by atoms with E-state index in [2.05, 4.69) is 15.5 Å². The van der Waals surface area contributed by atoms with Gasteiger partial charge in [0.1, 0.15) is 0 Å². The molecule has 0 saturated carbocycles. The molecule has 0 aliphatic rings. The van der Waals surface area contributed by atoms with Crippen molar-refractivity contribution in [3.05, 3.63) is 24.3 Å². The molecule has 0 unspecified atom stereocenters. The highest BCUT2D eigenvalue weighted by molar-refractivity contribution is 8.03.